The van der Waals surface area contributed by atoms with E-state index < -0.39 is 0 Å². The maximum absolute atomic E-state index is 13.0. The minimum Gasteiger partial charge on any atom is -0.261 e. The molecule has 2 heterocycles. The number of nitrogens with zero attached hydrogens (tertiary/aromatic N) is 5. The van der Waals surface area contributed by atoms with Crippen molar-refractivity contribution in [3.05, 3.63) is 66.0 Å². The number of hydrogen-bond donors (Lipinski definition) is 1. The largest absolute Gasteiger partial charge is 0.261 e. The van der Waals surface area contributed by atoms with Crippen molar-refractivity contribution in [2.45, 2.75) is 6.92 Å². The van der Waals surface area contributed by atoms with Crippen LogP contribution in [-0.2, 0) is 0 Å². The Hall–Kier alpha value is -3.09. The lowest BCUT2D eigenvalue weighted by molar-refractivity contribution is 0.627. The van der Waals surface area contributed by atoms with Gasteiger partial charge in [-0.2, -0.15) is 10.2 Å². The molecule has 0 radical (unpaired) electrons. The van der Waals surface area contributed by atoms with Gasteiger partial charge in [-0.05, 0) is 30.2 Å². The molecule has 0 spiro atoms. The van der Waals surface area contributed by atoms with Gasteiger partial charge in [-0.3, -0.25) is 5.43 Å². The van der Waals surface area contributed by atoms with Crippen LogP contribution in [0.1, 0.15) is 11.1 Å². The average Bonchev–Trinajstić information content (AvgIpc) is 2.94. The number of halogens is 1. The first-order valence-electron chi connectivity index (χ1n) is 6.59. The number of hydrogen-bond acceptors (Lipinski definition) is 5. The van der Waals surface area contributed by atoms with E-state index in [1.54, 1.807) is 29.1 Å². The van der Waals surface area contributed by atoms with Crippen LogP contribution in [0.15, 0.2) is 54.2 Å². The molecule has 1 aromatic carbocycles. The van der Waals surface area contributed by atoms with Gasteiger partial charge >= 0.3 is 0 Å². The number of rotatable bonds is 4. The van der Waals surface area contributed by atoms with Crippen LogP contribution in [0.5, 0.6) is 0 Å². The Morgan fingerprint density at radius 3 is 2.95 bits per heavy atom. The molecule has 110 valence electrons. The molecule has 1 N–H and O–H groups in total. The van der Waals surface area contributed by atoms with E-state index in [0.29, 0.717) is 17.2 Å². The topological polar surface area (TPSA) is 68.0 Å². The zero-order chi connectivity index (χ0) is 15.4. The first-order valence-corrected chi connectivity index (χ1v) is 6.59. The number of nitrogens with one attached hydrogen (secondary N) is 1. The van der Waals surface area contributed by atoms with E-state index in [1.807, 2.05) is 13.1 Å². The van der Waals surface area contributed by atoms with Crippen molar-refractivity contribution in [3.8, 4) is 5.82 Å². The summed E-state index contributed by atoms with van der Waals surface area (Å²) in [4.78, 5) is 8.22. The maximum Gasteiger partial charge on any atom is 0.158 e. The molecule has 2 aromatic heterocycles. The number of aryl methyl sites for hydroxylation is 1. The second-order valence-corrected chi connectivity index (χ2v) is 4.65. The molecule has 3 rings (SSSR count). The Labute approximate surface area is 126 Å². The molecule has 22 heavy (non-hydrogen) atoms. The molecule has 0 aliphatic heterocycles. The van der Waals surface area contributed by atoms with E-state index in [4.69, 9.17) is 0 Å². The van der Waals surface area contributed by atoms with Crippen LogP contribution in [0.4, 0.5) is 10.2 Å². The summed E-state index contributed by atoms with van der Waals surface area (Å²) in [7, 11) is 0. The van der Waals surface area contributed by atoms with Crippen LogP contribution < -0.4 is 5.43 Å². The summed E-state index contributed by atoms with van der Waals surface area (Å²) in [5.41, 5.74) is 4.48. The summed E-state index contributed by atoms with van der Waals surface area (Å²) in [5, 5.41) is 8.21. The minimum absolute atomic E-state index is 0.303. The molecule has 6 nitrogen and oxygen atoms in total. The molecule has 0 bridgehead atoms. The molecule has 0 aliphatic carbocycles. The predicted molar refractivity (Wildman–Crippen MR) is 81.5 cm³/mol. The number of benzene rings is 1. The first kappa shape index (κ1) is 13.9. The Morgan fingerprint density at radius 1 is 1.27 bits per heavy atom. The zero-order valence-corrected chi connectivity index (χ0v) is 11.8. The lowest BCUT2D eigenvalue weighted by Crippen LogP contribution is -2.01. The van der Waals surface area contributed by atoms with Crippen LogP contribution in [0.25, 0.3) is 5.82 Å². The SMILES string of the molecule is Cc1cnn(-c2cc(NN=Cc3cccc(F)c3)ncn2)c1. The van der Waals surface area contributed by atoms with Crippen molar-refractivity contribution in [1.29, 1.82) is 0 Å². The summed E-state index contributed by atoms with van der Waals surface area (Å²) in [6.45, 7) is 1.95. The van der Waals surface area contributed by atoms with Crippen LogP contribution in [0.3, 0.4) is 0 Å². The molecule has 0 saturated carbocycles. The monoisotopic (exact) mass is 296 g/mol. The van der Waals surface area contributed by atoms with Crippen molar-refractivity contribution >= 4 is 12.0 Å². The normalized spacial score (nSPS) is 11.0. The van der Waals surface area contributed by atoms with Crippen molar-refractivity contribution in [2.75, 3.05) is 5.43 Å². The minimum atomic E-state index is -0.303. The van der Waals surface area contributed by atoms with Crippen molar-refractivity contribution in [3.63, 3.8) is 0 Å². The van der Waals surface area contributed by atoms with Crippen LogP contribution in [0, 0.1) is 12.7 Å². The lowest BCUT2D eigenvalue weighted by Gasteiger charge is -2.02. The van der Waals surface area contributed by atoms with E-state index in [-0.39, 0.29) is 5.82 Å². The Kier molecular flexibility index (Phi) is 3.86. The van der Waals surface area contributed by atoms with Gasteiger partial charge in [0.25, 0.3) is 0 Å². The summed E-state index contributed by atoms with van der Waals surface area (Å²) in [6, 6.07) is 7.87. The third-order valence-corrected chi connectivity index (χ3v) is 2.84. The van der Waals surface area contributed by atoms with E-state index in [0.717, 1.165) is 5.56 Å². The fraction of sp³-hybridized carbons (Fsp3) is 0.0667. The molecule has 3 aromatic rings. The van der Waals surface area contributed by atoms with Gasteiger partial charge in [0.2, 0.25) is 0 Å². The van der Waals surface area contributed by atoms with E-state index in [1.165, 1.54) is 24.7 Å². The van der Waals surface area contributed by atoms with Gasteiger partial charge in [0.05, 0.1) is 12.4 Å². The molecule has 0 saturated heterocycles. The second-order valence-electron chi connectivity index (χ2n) is 4.65. The van der Waals surface area contributed by atoms with Gasteiger partial charge in [-0.25, -0.2) is 19.0 Å². The van der Waals surface area contributed by atoms with Gasteiger partial charge in [0.15, 0.2) is 11.6 Å². The Bertz CT molecular complexity index is 811. The van der Waals surface area contributed by atoms with Crippen molar-refractivity contribution < 1.29 is 4.39 Å². The fourth-order valence-corrected chi connectivity index (χ4v) is 1.83. The molecule has 7 heteroatoms. The summed E-state index contributed by atoms with van der Waals surface area (Å²) >= 11 is 0. The molecular weight excluding hydrogens is 283 g/mol. The lowest BCUT2D eigenvalue weighted by atomic mass is 10.2. The molecule has 0 atom stereocenters. The Morgan fingerprint density at radius 2 is 2.18 bits per heavy atom. The smallest absolute Gasteiger partial charge is 0.158 e. The van der Waals surface area contributed by atoms with Crippen molar-refractivity contribution in [2.24, 2.45) is 5.10 Å². The highest BCUT2D eigenvalue weighted by Crippen LogP contribution is 2.09. The highest BCUT2D eigenvalue weighted by atomic mass is 19.1. The molecule has 0 aliphatic rings. The van der Waals surface area contributed by atoms with Gasteiger partial charge in [0, 0.05) is 12.3 Å². The van der Waals surface area contributed by atoms with E-state index in [2.05, 4.69) is 25.6 Å². The highest BCUT2D eigenvalue weighted by molar-refractivity contribution is 5.80. The predicted octanol–water partition coefficient (Wildman–Crippen LogP) is 2.56. The molecule has 0 amide bonds. The average molecular weight is 296 g/mol. The maximum atomic E-state index is 13.0. The van der Waals surface area contributed by atoms with E-state index in [9.17, 15) is 4.39 Å². The standard InChI is InChI=1S/C15H13FN6/c1-11-7-20-22(9-11)15-6-14(17-10-18-15)21-19-8-12-3-2-4-13(16)5-12/h2-10H,1H3,(H,17,18,21). The fourth-order valence-electron chi connectivity index (χ4n) is 1.83. The van der Waals surface area contributed by atoms with Crippen LogP contribution >= 0.6 is 0 Å². The van der Waals surface area contributed by atoms with Crippen molar-refractivity contribution in [1.82, 2.24) is 19.7 Å². The highest BCUT2D eigenvalue weighted by Gasteiger charge is 2.01. The van der Waals surface area contributed by atoms with Gasteiger partial charge in [-0.15, -0.1) is 0 Å². The first-order chi connectivity index (χ1) is 10.7. The van der Waals surface area contributed by atoms with Crippen LogP contribution in [0.2, 0.25) is 0 Å². The quantitative estimate of drug-likeness (QED) is 0.593. The molecule has 0 unspecified atom stereocenters. The summed E-state index contributed by atoms with van der Waals surface area (Å²) in [6.07, 6.45) is 6.55. The van der Waals surface area contributed by atoms with Gasteiger partial charge in [-0.1, -0.05) is 12.1 Å². The molecular formula is C15H13FN6. The van der Waals surface area contributed by atoms with E-state index >= 15 is 0 Å². The summed E-state index contributed by atoms with van der Waals surface area (Å²) in [5.74, 6) is 0.847. The number of aromatic nitrogens is 4. The number of hydrazone groups is 1. The third-order valence-electron chi connectivity index (χ3n) is 2.84. The molecule has 0 fully saturated rings. The second kappa shape index (κ2) is 6.13. The zero-order valence-electron chi connectivity index (χ0n) is 11.8. The van der Waals surface area contributed by atoms with Gasteiger partial charge < -0.3 is 0 Å². The number of anilines is 1. The Balaban J connectivity index is 1.73. The van der Waals surface area contributed by atoms with Crippen LogP contribution in [-0.4, -0.2) is 26.0 Å². The van der Waals surface area contributed by atoms with Gasteiger partial charge in [0.1, 0.15) is 12.1 Å². The summed E-state index contributed by atoms with van der Waals surface area (Å²) < 4.78 is 14.7. The third kappa shape index (κ3) is 3.32.